The molecule has 0 saturated carbocycles. The van der Waals surface area contributed by atoms with Gasteiger partial charge < -0.3 is 44.6 Å². The summed E-state index contributed by atoms with van der Waals surface area (Å²) in [6.07, 6.45) is 4.58. The van der Waals surface area contributed by atoms with Crippen molar-refractivity contribution < 1.29 is 28.6 Å². The number of alkyl carbamates (subject to hydrolysis) is 2. The molecule has 3 aromatic carbocycles. The van der Waals surface area contributed by atoms with Gasteiger partial charge in [-0.2, -0.15) is 0 Å². The smallest absolute Gasteiger partial charge is 0.407 e. The zero-order valence-corrected chi connectivity index (χ0v) is 40.1. The van der Waals surface area contributed by atoms with E-state index in [4.69, 9.17) is 24.2 Å². The van der Waals surface area contributed by atoms with E-state index < -0.39 is 18.2 Å². The number of nitrogens with zero attached hydrogens (tertiary/aromatic N) is 5. The number of hydrogen-bond acceptors (Lipinski definition) is 10. The molecule has 3 aliphatic rings. The van der Waals surface area contributed by atoms with Crippen LogP contribution in [-0.4, -0.2) is 107 Å². The number of likely N-dealkylation sites (tertiary alicyclic amines) is 2. The Morgan fingerprint density at radius 2 is 1.27 bits per heavy atom. The molecule has 2 aromatic heterocycles. The van der Waals surface area contributed by atoms with Gasteiger partial charge in [0.1, 0.15) is 17.7 Å². The Kier molecular flexibility index (Phi) is 14.0. The van der Waals surface area contributed by atoms with Crippen LogP contribution in [0.4, 0.5) is 15.3 Å². The SMILES string of the molecule is COCC(C)(C)c1ccc(N2C(c3ccc4nc(C5CCCN5CC(NC(=O)OC)C(C)C)[nH]c4c3)CCC2c2ccc3nc(C4CCCN4C(=O)C(NC(=O)OC)C(C)C)[nH]c3c2)cc1. The van der Waals surface area contributed by atoms with Crippen LogP contribution in [0.1, 0.15) is 133 Å². The van der Waals surface area contributed by atoms with E-state index in [1.807, 2.05) is 18.7 Å². The average molecular weight is 904 g/mol. The summed E-state index contributed by atoms with van der Waals surface area (Å²) in [7, 11) is 4.47. The minimum absolute atomic E-state index is 0.0411. The van der Waals surface area contributed by atoms with Crippen LogP contribution in [0, 0.1) is 11.8 Å². The molecule has 66 heavy (non-hydrogen) atoms. The van der Waals surface area contributed by atoms with Crippen molar-refractivity contribution in [2.24, 2.45) is 11.8 Å². The lowest BCUT2D eigenvalue weighted by Crippen LogP contribution is -2.51. The summed E-state index contributed by atoms with van der Waals surface area (Å²) in [5, 5.41) is 5.80. The number of carbonyl (C=O) groups excluding carboxylic acids is 3. The molecule has 0 bridgehead atoms. The average Bonchev–Trinajstić information content (AvgIpc) is 4.16. The summed E-state index contributed by atoms with van der Waals surface area (Å²) in [6, 6.07) is 21.6. The van der Waals surface area contributed by atoms with Gasteiger partial charge in [0.05, 0.1) is 67.1 Å². The van der Waals surface area contributed by atoms with Crippen LogP contribution < -0.4 is 15.5 Å². The molecule has 15 nitrogen and oxygen atoms in total. The van der Waals surface area contributed by atoms with Gasteiger partial charge in [-0.1, -0.05) is 65.8 Å². The molecule has 6 atom stereocenters. The lowest BCUT2D eigenvalue weighted by atomic mass is 9.85. The molecule has 0 radical (unpaired) electrons. The predicted octanol–water partition coefficient (Wildman–Crippen LogP) is 9.01. The van der Waals surface area contributed by atoms with Crippen molar-refractivity contribution in [1.82, 2.24) is 40.4 Å². The highest BCUT2D eigenvalue weighted by atomic mass is 16.5. The third-order valence-corrected chi connectivity index (χ3v) is 14.3. The number of nitrogens with one attached hydrogen (secondary N) is 4. The van der Waals surface area contributed by atoms with Gasteiger partial charge in [-0.15, -0.1) is 0 Å². The van der Waals surface area contributed by atoms with Gasteiger partial charge in [0.2, 0.25) is 5.91 Å². The van der Waals surface area contributed by atoms with E-state index in [0.29, 0.717) is 13.2 Å². The van der Waals surface area contributed by atoms with Gasteiger partial charge in [-0.05, 0) is 110 Å². The van der Waals surface area contributed by atoms with Gasteiger partial charge in [0, 0.05) is 37.3 Å². The first kappa shape index (κ1) is 46.8. The Bertz CT molecular complexity index is 2500. The monoisotopic (exact) mass is 904 g/mol. The summed E-state index contributed by atoms with van der Waals surface area (Å²) in [6.45, 7) is 15.4. The number of methoxy groups -OCH3 is 3. The van der Waals surface area contributed by atoms with Crippen LogP contribution >= 0.6 is 0 Å². The fourth-order valence-electron chi connectivity index (χ4n) is 10.6. The molecule has 8 rings (SSSR count). The van der Waals surface area contributed by atoms with Crippen LogP contribution in [0.25, 0.3) is 22.1 Å². The molecule has 0 spiro atoms. The molecule has 5 aromatic rings. The summed E-state index contributed by atoms with van der Waals surface area (Å²) >= 11 is 0. The number of aromatic nitrogens is 4. The highest BCUT2D eigenvalue weighted by Crippen LogP contribution is 2.48. The second-order valence-electron chi connectivity index (χ2n) is 19.9. The van der Waals surface area contributed by atoms with Crippen LogP contribution in [0.5, 0.6) is 0 Å². The molecule has 15 heteroatoms. The van der Waals surface area contributed by atoms with Gasteiger partial charge in [0.25, 0.3) is 0 Å². The highest BCUT2D eigenvalue weighted by molar-refractivity contribution is 5.86. The van der Waals surface area contributed by atoms with Crippen molar-refractivity contribution in [3.05, 3.63) is 89.0 Å². The predicted molar refractivity (Wildman–Crippen MR) is 256 cm³/mol. The van der Waals surface area contributed by atoms with E-state index in [1.165, 1.54) is 30.9 Å². The summed E-state index contributed by atoms with van der Waals surface area (Å²) < 4.78 is 15.4. The van der Waals surface area contributed by atoms with Gasteiger partial charge in [0.15, 0.2) is 0 Å². The Morgan fingerprint density at radius 3 is 1.83 bits per heavy atom. The van der Waals surface area contributed by atoms with E-state index in [1.54, 1.807) is 7.11 Å². The standard InChI is InChI=1S/C51H69N9O6/c1-30(2)40(56-49(62)65-8)28-58-24-10-12-43(58)46-52-36-20-14-32(26-38(36)54-46)41-22-23-42(60(41)35-18-16-34(17-19-35)51(5,6)29-64-7)33-15-21-37-39(27-33)55-47(53-37)44-13-11-25-59(44)48(61)45(31(3)4)57-50(63)66-9/h14-21,26-27,30-31,40-45H,10-13,22-25,28-29H2,1-9H3,(H,52,54)(H,53,55)(H,56,62)(H,57,63). The number of benzene rings is 3. The van der Waals surface area contributed by atoms with Crippen LogP contribution in [0.3, 0.4) is 0 Å². The zero-order chi connectivity index (χ0) is 46.9. The number of amides is 3. The normalized spacial score (nSPS) is 21.3. The molecule has 3 amide bonds. The first-order chi connectivity index (χ1) is 31.7. The maximum Gasteiger partial charge on any atom is 0.407 e. The van der Waals surface area contributed by atoms with Gasteiger partial charge >= 0.3 is 12.2 Å². The minimum atomic E-state index is -0.699. The molecule has 0 aliphatic carbocycles. The molecule has 4 N–H and O–H groups in total. The first-order valence-electron chi connectivity index (χ1n) is 23.8. The van der Waals surface area contributed by atoms with E-state index in [-0.39, 0.29) is 53.4 Å². The highest BCUT2D eigenvalue weighted by Gasteiger charge is 2.39. The number of anilines is 1. The number of carbonyl (C=O) groups is 3. The summed E-state index contributed by atoms with van der Waals surface area (Å²) in [5.74, 6) is 1.73. The maximum atomic E-state index is 13.9. The third kappa shape index (κ3) is 9.60. The first-order valence-corrected chi connectivity index (χ1v) is 23.8. The quantitative estimate of drug-likeness (QED) is 0.0796. The Hall–Kier alpha value is -5.67. The molecular formula is C51H69N9O6. The van der Waals surface area contributed by atoms with Gasteiger partial charge in [-0.25, -0.2) is 19.6 Å². The molecule has 3 fully saturated rings. The Balaban J connectivity index is 1.09. The third-order valence-electron chi connectivity index (χ3n) is 14.3. The number of imidazole rings is 2. The van der Waals surface area contributed by atoms with E-state index in [0.717, 1.165) is 91.0 Å². The number of rotatable bonds is 15. The Labute approximate surface area is 388 Å². The van der Waals surface area contributed by atoms with Crippen LogP contribution in [0.15, 0.2) is 60.7 Å². The second-order valence-corrected chi connectivity index (χ2v) is 19.9. The molecule has 3 aliphatic heterocycles. The molecular weight excluding hydrogens is 835 g/mol. The van der Waals surface area contributed by atoms with Crippen molar-refractivity contribution in [2.75, 3.05) is 52.5 Å². The van der Waals surface area contributed by atoms with Crippen LogP contribution in [-0.2, 0) is 24.4 Å². The molecule has 354 valence electrons. The number of fused-ring (bicyclic) bond motifs is 2. The fourth-order valence-corrected chi connectivity index (χ4v) is 10.6. The molecule has 6 unspecified atom stereocenters. The topological polar surface area (TPSA) is 170 Å². The van der Waals surface area contributed by atoms with E-state index >= 15 is 0 Å². The summed E-state index contributed by atoms with van der Waals surface area (Å²) in [4.78, 5) is 62.7. The van der Waals surface area contributed by atoms with Crippen LogP contribution in [0.2, 0.25) is 0 Å². The second kappa shape index (κ2) is 19.7. The lowest BCUT2D eigenvalue weighted by molar-refractivity contribution is -0.135. The van der Waals surface area contributed by atoms with Crippen molar-refractivity contribution in [3.8, 4) is 0 Å². The fraction of sp³-hybridized carbons (Fsp3) is 0.549. The Morgan fingerprint density at radius 1 is 0.712 bits per heavy atom. The molecule has 5 heterocycles. The number of H-pyrrole nitrogens is 2. The van der Waals surface area contributed by atoms with E-state index in [9.17, 15) is 14.4 Å². The molecule has 3 saturated heterocycles. The lowest BCUT2D eigenvalue weighted by Gasteiger charge is -2.34. The zero-order valence-electron chi connectivity index (χ0n) is 40.1. The number of hydrogen-bond donors (Lipinski definition) is 4. The van der Waals surface area contributed by atoms with Crippen molar-refractivity contribution in [2.45, 2.75) is 122 Å². The largest absolute Gasteiger partial charge is 0.453 e. The van der Waals surface area contributed by atoms with Gasteiger partial charge in [-0.3, -0.25) is 9.69 Å². The summed E-state index contributed by atoms with van der Waals surface area (Å²) in [5.41, 5.74) is 8.41. The number of aromatic amines is 2. The van der Waals surface area contributed by atoms with Crippen molar-refractivity contribution >= 4 is 45.8 Å². The maximum absolute atomic E-state index is 13.9. The van der Waals surface area contributed by atoms with Crippen molar-refractivity contribution in [1.29, 1.82) is 0 Å². The minimum Gasteiger partial charge on any atom is -0.453 e. The number of ether oxygens (including phenoxy) is 3. The van der Waals surface area contributed by atoms with Crippen molar-refractivity contribution in [3.63, 3.8) is 0 Å². The van der Waals surface area contributed by atoms with E-state index in [2.05, 4.69) is 119 Å².